The zero-order chi connectivity index (χ0) is 17.4. The van der Waals surface area contributed by atoms with Crippen LogP contribution in [0.1, 0.15) is 5.56 Å². The Kier molecular flexibility index (Phi) is 6.14. The molecule has 5 nitrogen and oxygen atoms in total. The number of likely N-dealkylation sites (N-methyl/N-ethyl adjacent to an activating group) is 1. The molecule has 0 fully saturated rings. The van der Waals surface area contributed by atoms with Crippen molar-refractivity contribution >= 4 is 23.6 Å². The molecule has 0 atom stereocenters. The third kappa shape index (κ3) is 4.71. The summed E-state index contributed by atoms with van der Waals surface area (Å²) in [5.41, 5.74) is 1.51. The first kappa shape index (κ1) is 17.3. The number of benzene rings is 2. The summed E-state index contributed by atoms with van der Waals surface area (Å²) in [6.07, 6.45) is 3.18. The summed E-state index contributed by atoms with van der Waals surface area (Å²) in [5, 5.41) is 2.53. The van der Waals surface area contributed by atoms with E-state index in [1.54, 1.807) is 37.5 Å². The van der Waals surface area contributed by atoms with Crippen LogP contribution in [0.3, 0.4) is 0 Å². The molecule has 0 aromatic heterocycles. The zero-order valence-electron chi connectivity index (χ0n) is 13.7. The van der Waals surface area contributed by atoms with Gasteiger partial charge < -0.3 is 10.1 Å². The van der Waals surface area contributed by atoms with Crippen LogP contribution in [0.15, 0.2) is 60.7 Å². The smallest absolute Gasteiger partial charge is 0.251 e. The second-order valence-corrected chi connectivity index (χ2v) is 5.04. The first-order valence-electron chi connectivity index (χ1n) is 7.53. The summed E-state index contributed by atoms with van der Waals surface area (Å²) >= 11 is 0. The zero-order valence-corrected chi connectivity index (χ0v) is 13.7. The number of hydrogen-bond donors (Lipinski definition) is 1. The highest BCUT2D eigenvalue weighted by atomic mass is 16.5. The lowest BCUT2D eigenvalue weighted by Crippen LogP contribution is -2.39. The van der Waals surface area contributed by atoms with Crippen molar-refractivity contribution in [3.63, 3.8) is 0 Å². The minimum Gasteiger partial charge on any atom is -0.497 e. The maximum absolute atomic E-state index is 12.6. The van der Waals surface area contributed by atoms with Gasteiger partial charge in [-0.15, -0.1) is 0 Å². The van der Waals surface area contributed by atoms with Crippen LogP contribution in [0, 0.1) is 0 Å². The van der Waals surface area contributed by atoms with Gasteiger partial charge in [-0.05, 0) is 23.8 Å². The molecule has 2 rings (SSSR count). The van der Waals surface area contributed by atoms with Crippen LogP contribution in [-0.2, 0) is 9.59 Å². The van der Waals surface area contributed by atoms with Crippen LogP contribution < -0.4 is 15.0 Å². The molecule has 2 amide bonds. The van der Waals surface area contributed by atoms with Gasteiger partial charge in [-0.3, -0.25) is 14.5 Å². The number of carbonyl (C=O) groups is 2. The lowest BCUT2D eigenvalue weighted by atomic mass is 10.2. The standard InChI is InChI=1S/C19H20N2O3/c1-20-18(22)14-21(16-9-6-10-17(13-16)24-2)19(23)12-11-15-7-4-3-5-8-15/h3-13H,14H2,1-2H3,(H,20,22)/b12-11+. The van der Waals surface area contributed by atoms with Gasteiger partial charge in [0.2, 0.25) is 5.91 Å². The quantitative estimate of drug-likeness (QED) is 0.831. The fraction of sp³-hybridized carbons (Fsp3) is 0.158. The van der Waals surface area contributed by atoms with Crippen molar-refractivity contribution in [2.24, 2.45) is 0 Å². The van der Waals surface area contributed by atoms with Crippen LogP contribution in [0.4, 0.5) is 5.69 Å². The number of hydrogen-bond acceptors (Lipinski definition) is 3. The molecule has 0 saturated heterocycles. The number of rotatable bonds is 6. The molecule has 5 heteroatoms. The molecule has 0 aliphatic rings. The molecule has 24 heavy (non-hydrogen) atoms. The van der Waals surface area contributed by atoms with Crippen molar-refractivity contribution in [1.82, 2.24) is 5.32 Å². The molecular formula is C19H20N2O3. The van der Waals surface area contributed by atoms with E-state index in [4.69, 9.17) is 4.74 Å². The van der Waals surface area contributed by atoms with Crippen LogP contribution in [-0.4, -0.2) is 32.5 Å². The van der Waals surface area contributed by atoms with E-state index in [9.17, 15) is 9.59 Å². The Bertz CT molecular complexity index is 726. The van der Waals surface area contributed by atoms with E-state index in [0.29, 0.717) is 11.4 Å². The van der Waals surface area contributed by atoms with Crippen LogP contribution in [0.2, 0.25) is 0 Å². The Hall–Kier alpha value is -3.08. The first-order chi connectivity index (χ1) is 11.6. The summed E-state index contributed by atoms with van der Waals surface area (Å²) in [5.74, 6) is 0.0873. The average molecular weight is 324 g/mol. The second-order valence-electron chi connectivity index (χ2n) is 5.04. The van der Waals surface area contributed by atoms with E-state index in [1.807, 2.05) is 30.3 Å². The molecule has 0 bridgehead atoms. The molecule has 0 aliphatic carbocycles. The Balaban J connectivity index is 2.26. The summed E-state index contributed by atoms with van der Waals surface area (Å²) in [4.78, 5) is 25.8. The van der Waals surface area contributed by atoms with Gasteiger partial charge >= 0.3 is 0 Å². The highest BCUT2D eigenvalue weighted by Gasteiger charge is 2.17. The molecular weight excluding hydrogens is 304 g/mol. The van der Waals surface area contributed by atoms with E-state index in [-0.39, 0.29) is 18.4 Å². The van der Waals surface area contributed by atoms with Gasteiger partial charge in [0.15, 0.2) is 0 Å². The summed E-state index contributed by atoms with van der Waals surface area (Å²) in [6.45, 7) is -0.0678. The number of carbonyl (C=O) groups excluding carboxylic acids is 2. The highest BCUT2D eigenvalue weighted by molar-refractivity contribution is 6.06. The van der Waals surface area contributed by atoms with Crippen LogP contribution in [0.5, 0.6) is 5.75 Å². The van der Waals surface area contributed by atoms with Crippen molar-refractivity contribution in [3.05, 3.63) is 66.2 Å². The molecule has 2 aromatic carbocycles. The molecule has 0 aliphatic heterocycles. The molecule has 0 heterocycles. The van der Waals surface area contributed by atoms with Crippen molar-refractivity contribution in [2.45, 2.75) is 0 Å². The molecule has 0 spiro atoms. The molecule has 0 radical (unpaired) electrons. The molecule has 0 saturated carbocycles. The van der Waals surface area contributed by atoms with Crippen molar-refractivity contribution in [2.75, 3.05) is 25.6 Å². The van der Waals surface area contributed by atoms with E-state index in [1.165, 1.54) is 18.0 Å². The molecule has 124 valence electrons. The van der Waals surface area contributed by atoms with Crippen molar-refractivity contribution in [3.8, 4) is 5.75 Å². The van der Waals surface area contributed by atoms with E-state index in [2.05, 4.69) is 5.32 Å². The highest BCUT2D eigenvalue weighted by Crippen LogP contribution is 2.21. The summed E-state index contributed by atoms with van der Waals surface area (Å²) in [7, 11) is 3.09. The number of amides is 2. The lowest BCUT2D eigenvalue weighted by molar-refractivity contribution is -0.121. The fourth-order valence-electron chi connectivity index (χ4n) is 2.12. The van der Waals surface area contributed by atoms with Gasteiger partial charge in [0.1, 0.15) is 12.3 Å². The Morgan fingerprint density at radius 3 is 2.54 bits per heavy atom. The summed E-state index contributed by atoms with van der Waals surface area (Å²) in [6, 6.07) is 16.6. The average Bonchev–Trinajstić information content (AvgIpc) is 2.64. The predicted molar refractivity (Wildman–Crippen MR) is 94.9 cm³/mol. The van der Waals surface area contributed by atoms with Crippen molar-refractivity contribution in [1.29, 1.82) is 0 Å². The van der Waals surface area contributed by atoms with Crippen molar-refractivity contribution < 1.29 is 14.3 Å². The van der Waals surface area contributed by atoms with Crippen LogP contribution >= 0.6 is 0 Å². The van der Waals surface area contributed by atoms with Gasteiger partial charge in [0.25, 0.3) is 5.91 Å². The largest absolute Gasteiger partial charge is 0.497 e. The fourth-order valence-corrected chi connectivity index (χ4v) is 2.12. The predicted octanol–water partition coefficient (Wildman–Crippen LogP) is 2.49. The number of ether oxygens (including phenoxy) is 1. The first-order valence-corrected chi connectivity index (χ1v) is 7.53. The maximum Gasteiger partial charge on any atom is 0.251 e. The molecule has 0 unspecified atom stereocenters. The normalized spacial score (nSPS) is 10.4. The number of nitrogens with zero attached hydrogens (tertiary/aromatic N) is 1. The minimum absolute atomic E-state index is 0.0678. The van der Waals surface area contributed by atoms with Gasteiger partial charge in [0, 0.05) is 24.9 Å². The Morgan fingerprint density at radius 2 is 1.88 bits per heavy atom. The van der Waals surface area contributed by atoms with Gasteiger partial charge in [-0.1, -0.05) is 36.4 Å². The minimum atomic E-state index is -0.282. The van der Waals surface area contributed by atoms with Gasteiger partial charge in [-0.25, -0.2) is 0 Å². The molecule has 2 aromatic rings. The second kappa shape index (κ2) is 8.53. The maximum atomic E-state index is 12.6. The van der Waals surface area contributed by atoms with E-state index >= 15 is 0 Å². The van der Waals surface area contributed by atoms with Gasteiger partial charge in [-0.2, -0.15) is 0 Å². The number of methoxy groups -OCH3 is 1. The Labute approximate surface area is 141 Å². The van der Waals surface area contributed by atoms with E-state index < -0.39 is 0 Å². The molecule has 1 N–H and O–H groups in total. The monoisotopic (exact) mass is 324 g/mol. The lowest BCUT2D eigenvalue weighted by Gasteiger charge is -2.21. The SMILES string of the molecule is CNC(=O)CN(C(=O)/C=C/c1ccccc1)c1cccc(OC)c1. The summed E-state index contributed by atoms with van der Waals surface area (Å²) < 4.78 is 5.19. The Morgan fingerprint density at radius 1 is 1.12 bits per heavy atom. The number of nitrogens with one attached hydrogen (secondary N) is 1. The topological polar surface area (TPSA) is 58.6 Å². The van der Waals surface area contributed by atoms with E-state index in [0.717, 1.165) is 5.56 Å². The van der Waals surface area contributed by atoms with Gasteiger partial charge in [0.05, 0.1) is 7.11 Å². The van der Waals surface area contributed by atoms with Crippen LogP contribution in [0.25, 0.3) is 6.08 Å². The number of anilines is 1. The third-order valence-corrected chi connectivity index (χ3v) is 3.43. The third-order valence-electron chi connectivity index (χ3n) is 3.43.